The largest absolute Gasteiger partial charge is 0.376 e. The Kier molecular flexibility index (Phi) is 5.70. The average molecular weight is 287 g/mol. The number of rotatable bonds is 8. The van der Waals surface area contributed by atoms with Gasteiger partial charge in [0.1, 0.15) is 0 Å². The minimum atomic E-state index is 0.788. The van der Waals surface area contributed by atoms with Crippen molar-refractivity contribution in [3.8, 4) is 0 Å². The first-order valence-electron chi connectivity index (χ1n) is 8.80. The monoisotopic (exact) mass is 287 g/mol. The summed E-state index contributed by atoms with van der Waals surface area (Å²) >= 11 is 0. The molecule has 116 valence electrons. The van der Waals surface area contributed by atoms with E-state index in [-0.39, 0.29) is 0 Å². The third kappa shape index (κ3) is 5.12. The molecule has 0 unspecified atom stereocenters. The fourth-order valence-corrected chi connectivity index (χ4v) is 3.33. The number of hydrogen-bond donors (Lipinski definition) is 1. The molecule has 2 fully saturated rings. The second-order valence-corrected chi connectivity index (χ2v) is 6.77. The predicted molar refractivity (Wildman–Crippen MR) is 87.4 cm³/mol. The van der Waals surface area contributed by atoms with Gasteiger partial charge in [-0.2, -0.15) is 0 Å². The number of benzene rings is 1. The third-order valence-corrected chi connectivity index (χ3v) is 4.86. The van der Waals surface area contributed by atoms with Crippen LogP contribution in [0, 0.1) is 5.92 Å². The van der Waals surface area contributed by atoms with Crippen molar-refractivity contribution >= 4 is 0 Å². The first kappa shape index (κ1) is 15.1. The van der Waals surface area contributed by atoms with E-state index < -0.39 is 0 Å². The van der Waals surface area contributed by atoms with Crippen LogP contribution in [0.4, 0.5) is 0 Å². The van der Waals surface area contributed by atoms with Crippen LogP contribution in [0.25, 0.3) is 0 Å². The molecule has 3 rings (SSSR count). The summed E-state index contributed by atoms with van der Waals surface area (Å²) in [5, 5.41) is 3.60. The van der Waals surface area contributed by atoms with E-state index in [1.807, 2.05) is 0 Å². The van der Waals surface area contributed by atoms with Gasteiger partial charge in [0.15, 0.2) is 0 Å². The summed E-state index contributed by atoms with van der Waals surface area (Å²) in [4.78, 5) is 0. The van der Waals surface area contributed by atoms with E-state index in [1.165, 1.54) is 56.1 Å². The minimum absolute atomic E-state index is 0.788. The quantitative estimate of drug-likeness (QED) is 0.778. The molecule has 2 aliphatic carbocycles. The third-order valence-electron chi connectivity index (χ3n) is 4.86. The van der Waals surface area contributed by atoms with E-state index in [2.05, 4.69) is 29.6 Å². The van der Waals surface area contributed by atoms with E-state index in [0.717, 1.165) is 38.1 Å². The normalized spacial score (nSPS) is 19.8. The molecule has 0 radical (unpaired) electrons. The van der Waals surface area contributed by atoms with E-state index in [0.29, 0.717) is 0 Å². The smallest absolute Gasteiger partial charge is 0.0719 e. The first-order chi connectivity index (χ1) is 10.4. The fourth-order valence-electron chi connectivity index (χ4n) is 3.33. The highest BCUT2D eigenvalue weighted by molar-refractivity contribution is 5.26. The Morgan fingerprint density at radius 2 is 1.71 bits per heavy atom. The van der Waals surface area contributed by atoms with Crippen LogP contribution >= 0.6 is 0 Å². The summed E-state index contributed by atoms with van der Waals surface area (Å²) in [7, 11) is 0. The number of ether oxygens (including phenoxy) is 1. The highest BCUT2D eigenvalue weighted by atomic mass is 16.5. The lowest BCUT2D eigenvalue weighted by molar-refractivity contribution is 0.0735. The Bertz CT molecular complexity index is 421. The second-order valence-electron chi connectivity index (χ2n) is 6.77. The molecule has 2 nitrogen and oxygen atoms in total. The van der Waals surface area contributed by atoms with Crippen molar-refractivity contribution in [3.05, 3.63) is 35.4 Å². The van der Waals surface area contributed by atoms with Crippen LogP contribution in [0.1, 0.15) is 56.1 Å². The van der Waals surface area contributed by atoms with Crippen LogP contribution in [0.15, 0.2) is 24.3 Å². The topological polar surface area (TPSA) is 21.3 Å². The molecule has 0 saturated heterocycles. The second kappa shape index (κ2) is 7.95. The molecule has 0 aromatic heterocycles. The zero-order valence-corrected chi connectivity index (χ0v) is 13.2. The molecule has 2 heteroatoms. The molecule has 0 bridgehead atoms. The van der Waals surface area contributed by atoms with Crippen molar-refractivity contribution in [2.75, 3.05) is 13.2 Å². The van der Waals surface area contributed by atoms with Crippen molar-refractivity contribution in [1.82, 2.24) is 5.32 Å². The Morgan fingerprint density at radius 3 is 2.48 bits per heavy atom. The summed E-state index contributed by atoms with van der Waals surface area (Å²) in [6, 6.07) is 9.58. The van der Waals surface area contributed by atoms with E-state index >= 15 is 0 Å². The average Bonchev–Trinajstić information content (AvgIpc) is 3.34. The molecule has 0 aliphatic heterocycles. The summed E-state index contributed by atoms with van der Waals surface area (Å²) in [6.07, 6.45) is 10.8. The summed E-state index contributed by atoms with van der Waals surface area (Å²) in [5.74, 6) is 0.808. The summed E-state index contributed by atoms with van der Waals surface area (Å²) in [5.41, 5.74) is 2.83. The minimum Gasteiger partial charge on any atom is -0.376 e. The molecular formula is C19H29NO. The molecule has 0 amide bonds. The predicted octanol–water partition coefficient (Wildman–Crippen LogP) is 4.08. The first-order valence-corrected chi connectivity index (χ1v) is 8.80. The van der Waals surface area contributed by atoms with E-state index in [4.69, 9.17) is 4.74 Å². The molecule has 1 N–H and O–H groups in total. The zero-order valence-electron chi connectivity index (χ0n) is 13.2. The van der Waals surface area contributed by atoms with Gasteiger partial charge in [-0.3, -0.25) is 0 Å². The molecule has 2 saturated carbocycles. The zero-order chi connectivity index (χ0) is 14.3. The van der Waals surface area contributed by atoms with Gasteiger partial charge in [0.25, 0.3) is 0 Å². The lowest BCUT2D eigenvalue weighted by atomic mass is 9.90. The van der Waals surface area contributed by atoms with Crippen LogP contribution < -0.4 is 5.32 Å². The van der Waals surface area contributed by atoms with Crippen molar-refractivity contribution in [3.63, 3.8) is 0 Å². The molecule has 1 aromatic rings. The van der Waals surface area contributed by atoms with Gasteiger partial charge >= 0.3 is 0 Å². The van der Waals surface area contributed by atoms with Crippen molar-refractivity contribution < 1.29 is 4.74 Å². The Balaban J connectivity index is 1.42. The van der Waals surface area contributed by atoms with Crippen molar-refractivity contribution in [1.29, 1.82) is 0 Å². The molecular weight excluding hydrogens is 258 g/mol. The lowest BCUT2D eigenvalue weighted by Gasteiger charge is -2.21. The van der Waals surface area contributed by atoms with Gasteiger partial charge in [-0.05, 0) is 55.7 Å². The molecule has 0 heterocycles. The Morgan fingerprint density at radius 1 is 0.952 bits per heavy atom. The Labute approximate surface area is 129 Å². The maximum absolute atomic E-state index is 6.02. The summed E-state index contributed by atoms with van der Waals surface area (Å²) in [6.45, 7) is 2.84. The lowest BCUT2D eigenvalue weighted by Crippen LogP contribution is -2.20. The van der Waals surface area contributed by atoms with Crippen LogP contribution in [0.5, 0.6) is 0 Å². The van der Waals surface area contributed by atoms with Crippen LogP contribution in [-0.2, 0) is 17.8 Å². The number of nitrogens with one attached hydrogen (secondary N) is 1. The van der Waals surface area contributed by atoms with Crippen LogP contribution in [0.3, 0.4) is 0 Å². The standard InChI is InChI=1S/C19H29NO/c1-2-6-16(7-3-1)14-21-15-18-9-5-4-8-17(18)12-13-20-19-10-11-19/h4-5,8-9,16,19-20H,1-3,6-7,10-15H2. The molecule has 0 atom stereocenters. The maximum Gasteiger partial charge on any atom is 0.0719 e. The van der Waals surface area contributed by atoms with Gasteiger partial charge in [-0.1, -0.05) is 43.5 Å². The highest BCUT2D eigenvalue weighted by Gasteiger charge is 2.19. The van der Waals surface area contributed by atoms with Gasteiger partial charge in [0.2, 0.25) is 0 Å². The van der Waals surface area contributed by atoms with Gasteiger partial charge in [-0.15, -0.1) is 0 Å². The van der Waals surface area contributed by atoms with Crippen LogP contribution in [-0.4, -0.2) is 19.2 Å². The van der Waals surface area contributed by atoms with Crippen LogP contribution in [0.2, 0.25) is 0 Å². The maximum atomic E-state index is 6.02. The van der Waals surface area contributed by atoms with E-state index in [9.17, 15) is 0 Å². The van der Waals surface area contributed by atoms with Gasteiger partial charge in [-0.25, -0.2) is 0 Å². The van der Waals surface area contributed by atoms with Crippen molar-refractivity contribution in [2.24, 2.45) is 5.92 Å². The SMILES string of the molecule is c1ccc(COCC2CCCCC2)c(CCNC2CC2)c1. The highest BCUT2D eigenvalue weighted by Crippen LogP contribution is 2.24. The fraction of sp³-hybridized carbons (Fsp3) is 0.684. The molecule has 2 aliphatic rings. The van der Waals surface area contributed by atoms with Gasteiger partial charge in [0, 0.05) is 12.6 Å². The molecule has 0 spiro atoms. The summed E-state index contributed by atoms with van der Waals surface area (Å²) < 4.78 is 6.02. The van der Waals surface area contributed by atoms with Gasteiger partial charge in [0.05, 0.1) is 6.61 Å². The Hall–Kier alpha value is -0.860. The van der Waals surface area contributed by atoms with Crippen molar-refractivity contribution in [2.45, 2.75) is 64.0 Å². The molecule has 1 aromatic carbocycles. The number of hydrogen-bond acceptors (Lipinski definition) is 2. The molecule has 21 heavy (non-hydrogen) atoms. The van der Waals surface area contributed by atoms with Gasteiger partial charge < -0.3 is 10.1 Å². The van der Waals surface area contributed by atoms with E-state index in [1.54, 1.807) is 0 Å².